The lowest BCUT2D eigenvalue weighted by Gasteiger charge is -2.24. The molecule has 1 amide bonds. The van der Waals surface area contributed by atoms with Crippen molar-refractivity contribution in [3.63, 3.8) is 0 Å². The van der Waals surface area contributed by atoms with E-state index in [4.69, 9.17) is 11.0 Å². The molecule has 0 bridgehead atoms. The van der Waals surface area contributed by atoms with Gasteiger partial charge in [0.2, 0.25) is 5.91 Å². The highest BCUT2D eigenvalue weighted by atomic mass is 32.2. The second-order valence-electron chi connectivity index (χ2n) is 4.70. The van der Waals surface area contributed by atoms with Crippen LogP contribution in [-0.4, -0.2) is 49.9 Å². The molecule has 18 heavy (non-hydrogen) atoms. The number of carbonyl (C=O) groups is 1. The molecule has 1 atom stereocenters. The van der Waals surface area contributed by atoms with Gasteiger partial charge in [0.25, 0.3) is 0 Å². The van der Waals surface area contributed by atoms with Crippen molar-refractivity contribution in [3.05, 3.63) is 0 Å². The fraction of sp³-hybridized carbons (Fsp3) is 0.818. The molecule has 1 fully saturated rings. The van der Waals surface area contributed by atoms with Crippen molar-refractivity contribution in [2.75, 3.05) is 18.6 Å². The fourth-order valence-electron chi connectivity index (χ4n) is 1.71. The maximum absolute atomic E-state index is 12.0. The average molecular weight is 273 g/mol. The van der Waals surface area contributed by atoms with Crippen LogP contribution in [-0.2, 0) is 14.6 Å². The second-order valence-corrected chi connectivity index (χ2v) is 6.96. The van der Waals surface area contributed by atoms with Crippen molar-refractivity contribution in [1.82, 2.24) is 4.90 Å². The van der Waals surface area contributed by atoms with Gasteiger partial charge in [0.1, 0.15) is 9.84 Å². The number of sulfone groups is 1. The number of carbonyl (C=O) groups excluding carboxylic acids is 1. The van der Waals surface area contributed by atoms with Crippen LogP contribution in [0.5, 0.6) is 0 Å². The summed E-state index contributed by atoms with van der Waals surface area (Å²) in [4.78, 5) is 13.7. The van der Waals surface area contributed by atoms with Gasteiger partial charge in [-0.05, 0) is 19.3 Å². The Kier molecular flexibility index (Phi) is 5.11. The largest absolute Gasteiger partial charge is 0.337 e. The fourth-order valence-corrected chi connectivity index (χ4v) is 2.39. The highest BCUT2D eigenvalue weighted by molar-refractivity contribution is 7.90. The molecule has 2 N–H and O–H groups in total. The lowest BCUT2D eigenvalue weighted by molar-refractivity contribution is -0.133. The van der Waals surface area contributed by atoms with Crippen LogP contribution in [0.2, 0.25) is 0 Å². The van der Waals surface area contributed by atoms with Crippen molar-refractivity contribution in [3.8, 4) is 6.07 Å². The van der Waals surface area contributed by atoms with E-state index in [9.17, 15) is 13.2 Å². The van der Waals surface area contributed by atoms with E-state index in [0.717, 1.165) is 19.1 Å². The van der Waals surface area contributed by atoms with Gasteiger partial charge in [0.05, 0.1) is 24.3 Å². The van der Waals surface area contributed by atoms with Gasteiger partial charge in [-0.3, -0.25) is 4.79 Å². The van der Waals surface area contributed by atoms with Gasteiger partial charge in [-0.25, -0.2) is 8.42 Å². The highest BCUT2D eigenvalue weighted by Crippen LogP contribution is 2.27. The molecule has 6 nitrogen and oxygen atoms in total. The molecular formula is C11H19N3O3S. The molecule has 0 aromatic carbocycles. The third-order valence-electron chi connectivity index (χ3n) is 2.85. The standard InChI is InChI=1S/C11H19N3O3S/c1-18(16,17)8-5-10(13)11(15)14(7-2-6-12)9-3-4-9/h9-10H,2-5,7-8,13H2,1H3. The van der Waals surface area contributed by atoms with Crippen LogP contribution in [0.1, 0.15) is 25.7 Å². The number of nitrogens with zero attached hydrogens (tertiary/aromatic N) is 2. The quantitative estimate of drug-likeness (QED) is 0.683. The van der Waals surface area contributed by atoms with E-state index in [-0.39, 0.29) is 30.5 Å². The molecule has 1 aliphatic rings. The summed E-state index contributed by atoms with van der Waals surface area (Å²) in [6, 6.07) is 1.40. The number of amides is 1. The zero-order valence-corrected chi connectivity index (χ0v) is 11.3. The summed E-state index contributed by atoms with van der Waals surface area (Å²) in [5, 5.41) is 8.55. The van der Waals surface area contributed by atoms with Gasteiger partial charge >= 0.3 is 0 Å². The normalized spacial score (nSPS) is 16.9. The van der Waals surface area contributed by atoms with Crippen LogP contribution < -0.4 is 5.73 Å². The van der Waals surface area contributed by atoms with Gasteiger partial charge in [-0.15, -0.1) is 0 Å². The Morgan fingerprint density at radius 3 is 2.61 bits per heavy atom. The van der Waals surface area contributed by atoms with Crippen LogP contribution in [0, 0.1) is 11.3 Å². The van der Waals surface area contributed by atoms with Crippen LogP contribution in [0.4, 0.5) is 0 Å². The number of hydrogen-bond donors (Lipinski definition) is 1. The Labute approximate surface area is 108 Å². The van der Waals surface area contributed by atoms with E-state index in [0.29, 0.717) is 6.54 Å². The molecular weight excluding hydrogens is 254 g/mol. The maximum Gasteiger partial charge on any atom is 0.239 e. The van der Waals surface area contributed by atoms with Gasteiger partial charge in [0, 0.05) is 18.8 Å². The highest BCUT2D eigenvalue weighted by Gasteiger charge is 2.34. The van der Waals surface area contributed by atoms with E-state index in [2.05, 4.69) is 0 Å². The molecule has 0 spiro atoms. The molecule has 0 aliphatic heterocycles. The average Bonchev–Trinajstić information content (AvgIpc) is 3.09. The molecule has 0 heterocycles. The first-order valence-electron chi connectivity index (χ1n) is 5.96. The molecule has 0 aromatic heterocycles. The topological polar surface area (TPSA) is 104 Å². The molecule has 7 heteroatoms. The van der Waals surface area contributed by atoms with Crippen molar-refractivity contribution in [2.45, 2.75) is 37.8 Å². The van der Waals surface area contributed by atoms with E-state index < -0.39 is 15.9 Å². The van der Waals surface area contributed by atoms with E-state index in [1.54, 1.807) is 4.90 Å². The van der Waals surface area contributed by atoms with Gasteiger partial charge in [0.15, 0.2) is 0 Å². The molecule has 1 unspecified atom stereocenters. The lowest BCUT2D eigenvalue weighted by atomic mass is 10.2. The Morgan fingerprint density at radius 1 is 1.56 bits per heavy atom. The molecule has 0 saturated heterocycles. The second kappa shape index (κ2) is 6.16. The summed E-state index contributed by atoms with van der Waals surface area (Å²) in [5.74, 6) is -0.326. The Balaban J connectivity index is 2.51. The summed E-state index contributed by atoms with van der Waals surface area (Å²) < 4.78 is 22.0. The van der Waals surface area contributed by atoms with Crippen molar-refractivity contribution in [2.24, 2.45) is 5.73 Å². The predicted octanol–water partition coefficient (Wildman–Crippen LogP) is -0.347. The van der Waals surface area contributed by atoms with Crippen LogP contribution in [0.25, 0.3) is 0 Å². The monoisotopic (exact) mass is 273 g/mol. The summed E-state index contributed by atoms with van der Waals surface area (Å²) in [7, 11) is -3.10. The van der Waals surface area contributed by atoms with Crippen LogP contribution in [0.3, 0.4) is 0 Å². The van der Waals surface area contributed by atoms with E-state index >= 15 is 0 Å². The van der Waals surface area contributed by atoms with E-state index in [1.807, 2.05) is 6.07 Å². The first kappa shape index (κ1) is 14.9. The molecule has 0 aromatic rings. The Morgan fingerprint density at radius 2 is 2.17 bits per heavy atom. The molecule has 1 aliphatic carbocycles. The smallest absolute Gasteiger partial charge is 0.239 e. The van der Waals surface area contributed by atoms with Crippen molar-refractivity contribution >= 4 is 15.7 Å². The van der Waals surface area contributed by atoms with Gasteiger partial charge < -0.3 is 10.6 Å². The maximum atomic E-state index is 12.0. The number of nitrogens with two attached hydrogens (primary N) is 1. The number of nitriles is 1. The molecule has 102 valence electrons. The van der Waals surface area contributed by atoms with Crippen LogP contribution >= 0.6 is 0 Å². The Bertz CT molecular complexity index is 437. The molecule has 1 saturated carbocycles. The minimum absolute atomic E-state index is 0.0866. The number of hydrogen-bond acceptors (Lipinski definition) is 5. The minimum Gasteiger partial charge on any atom is -0.337 e. The summed E-state index contributed by atoms with van der Waals surface area (Å²) >= 11 is 0. The van der Waals surface area contributed by atoms with Crippen LogP contribution in [0.15, 0.2) is 0 Å². The molecule has 1 rings (SSSR count). The number of rotatable bonds is 7. The first-order chi connectivity index (χ1) is 8.35. The zero-order chi connectivity index (χ0) is 13.8. The third-order valence-corrected chi connectivity index (χ3v) is 3.83. The zero-order valence-electron chi connectivity index (χ0n) is 10.5. The lowest BCUT2D eigenvalue weighted by Crippen LogP contribution is -2.46. The summed E-state index contributed by atoms with van der Waals surface area (Å²) in [5.41, 5.74) is 5.72. The Hall–Kier alpha value is -1.13. The van der Waals surface area contributed by atoms with Crippen molar-refractivity contribution < 1.29 is 13.2 Å². The predicted molar refractivity (Wildman–Crippen MR) is 67.3 cm³/mol. The SMILES string of the molecule is CS(=O)(=O)CCC(N)C(=O)N(CCC#N)C1CC1. The summed E-state index contributed by atoms with van der Waals surface area (Å²) in [6.45, 7) is 0.382. The van der Waals surface area contributed by atoms with Crippen molar-refractivity contribution in [1.29, 1.82) is 5.26 Å². The van der Waals surface area contributed by atoms with Gasteiger partial charge in [-0.2, -0.15) is 5.26 Å². The third kappa shape index (κ3) is 5.02. The van der Waals surface area contributed by atoms with E-state index in [1.165, 1.54) is 0 Å². The minimum atomic E-state index is -3.10. The first-order valence-corrected chi connectivity index (χ1v) is 8.02. The summed E-state index contributed by atoms with van der Waals surface area (Å²) in [6.07, 6.45) is 3.42. The van der Waals surface area contributed by atoms with Gasteiger partial charge in [-0.1, -0.05) is 0 Å². The molecule has 0 radical (unpaired) electrons.